The van der Waals surface area contributed by atoms with E-state index in [0.29, 0.717) is 0 Å². The molecule has 120 valence electrons. The van der Waals surface area contributed by atoms with Crippen LogP contribution >= 0.6 is 0 Å². The molecule has 0 radical (unpaired) electrons. The van der Waals surface area contributed by atoms with E-state index in [-0.39, 0.29) is 17.9 Å². The van der Waals surface area contributed by atoms with Gasteiger partial charge in [0, 0.05) is 26.6 Å². The largest absolute Gasteiger partial charge is 0.341 e. The number of nitrogens with zero attached hydrogens (tertiary/aromatic N) is 3. The molecular weight excluding hydrogens is 266 g/mol. The van der Waals surface area contributed by atoms with E-state index in [1.165, 1.54) is 25.9 Å². The van der Waals surface area contributed by atoms with Crippen LogP contribution in [0.5, 0.6) is 0 Å². The predicted octanol–water partition coefficient (Wildman–Crippen LogP) is 1.33. The summed E-state index contributed by atoms with van der Waals surface area (Å²) in [5.74, 6) is 0.172. The SMILES string of the molecule is CCN(CCCN1CCCC1)C(=O)C1CCCN1C(C)=O. The summed E-state index contributed by atoms with van der Waals surface area (Å²) in [6.45, 7) is 9.38. The van der Waals surface area contributed by atoms with Gasteiger partial charge in [-0.25, -0.2) is 0 Å². The first-order valence-electron chi connectivity index (χ1n) is 8.42. The van der Waals surface area contributed by atoms with Crippen molar-refractivity contribution in [1.29, 1.82) is 0 Å². The first kappa shape index (κ1) is 16.3. The second kappa shape index (κ2) is 7.78. The van der Waals surface area contributed by atoms with Crippen LogP contribution < -0.4 is 0 Å². The van der Waals surface area contributed by atoms with Gasteiger partial charge in [-0.3, -0.25) is 9.59 Å². The summed E-state index contributed by atoms with van der Waals surface area (Å²) in [6, 6.07) is -0.214. The molecule has 0 spiro atoms. The lowest BCUT2D eigenvalue weighted by molar-refractivity contribution is -0.142. The number of likely N-dealkylation sites (tertiary alicyclic amines) is 2. The van der Waals surface area contributed by atoms with Gasteiger partial charge in [-0.1, -0.05) is 0 Å². The third kappa shape index (κ3) is 4.19. The molecule has 0 aromatic heterocycles. The molecule has 0 aliphatic carbocycles. The van der Waals surface area contributed by atoms with E-state index in [1.54, 1.807) is 11.8 Å². The van der Waals surface area contributed by atoms with Crippen LogP contribution in [0.1, 0.15) is 46.0 Å². The van der Waals surface area contributed by atoms with Crippen LogP contribution in [-0.4, -0.2) is 71.8 Å². The minimum Gasteiger partial charge on any atom is -0.341 e. The number of likely N-dealkylation sites (N-methyl/N-ethyl adjacent to an activating group) is 1. The Morgan fingerprint density at radius 3 is 2.48 bits per heavy atom. The fraction of sp³-hybridized carbons (Fsp3) is 0.875. The molecule has 0 saturated carbocycles. The Hall–Kier alpha value is -1.10. The summed E-state index contributed by atoms with van der Waals surface area (Å²) in [4.78, 5) is 30.4. The fourth-order valence-corrected chi connectivity index (χ4v) is 3.53. The monoisotopic (exact) mass is 295 g/mol. The van der Waals surface area contributed by atoms with Crippen LogP contribution in [0.3, 0.4) is 0 Å². The zero-order valence-electron chi connectivity index (χ0n) is 13.5. The van der Waals surface area contributed by atoms with Gasteiger partial charge in [0.1, 0.15) is 6.04 Å². The highest BCUT2D eigenvalue weighted by Gasteiger charge is 2.34. The van der Waals surface area contributed by atoms with Crippen LogP contribution in [0.2, 0.25) is 0 Å². The van der Waals surface area contributed by atoms with Crippen molar-refractivity contribution in [2.75, 3.05) is 39.3 Å². The van der Waals surface area contributed by atoms with Gasteiger partial charge in [0.05, 0.1) is 0 Å². The molecule has 5 nitrogen and oxygen atoms in total. The molecule has 21 heavy (non-hydrogen) atoms. The van der Waals surface area contributed by atoms with Crippen molar-refractivity contribution in [1.82, 2.24) is 14.7 Å². The van der Waals surface area contributed by atoms with Crippen molar-refractivity contribution in [3.8, 4) is 0 Å². The van der Waals surface area contributed by atoms with E-state index in [1.807, 2.05) is 11.8 Å². The molecule has 2 amide bonds. The maximum atomic E-state index is 12.6. The first-order chi connectivity index (χ1) is 10.1. The number of rotatable bonds is 6. The van der Waals surface area contributed by atoms with E-state index >= 15 is 0 Å². The highest BCUT2D eigenvalue weighted by Crippen LogP contribution is 2.19. The van der Waals surface area contributed by atoms with Gasteiger partial charge in [-0.05, 0) is 58.7 Å². The maximum Gasteiger partial charge on any atom is 0.245 e. The third-order valence-corrected chi connectivity index (χ3v) is 4.74. The fourth-order valence-electron chi connectivity index (χ4n) is 3.53. The van der Waals surface area contributed by atoms with E-state index in [4.69, 9.17) is 0 Å². The molecule has 2 saturated heterocycles. The van der Waals surface area contributed by atoms with Gasteiger partial charge in [0.25, 0.3) is 0 Å². The minimum atomic E-state index is -0.214. The standard InChI is InChI=1S/C16H29N3O2/c1-3-18(12-7-11-17-9-4-5-10-17)16(21)15-8-6-13-19(15)14(2)20/h15H,3-13H2,1-2H3. The first-order valence-corrected chi connectivity index (χ1v) is 8.42. The summed E-state index contributed by atoms with van der Waals surface area (Å²) in [5, 5.41) is 0. The Bertz CT molecular complexity index is 367. The molecule has 0 N–H and O–H groups in total. The van der Waals surface area contributed by atoms with Crippen LogP contribution in [0.4, 0.5) is 0 Å². The second-order valence-electron chi connectivity index (χ2n) is 6.19. The number of carbonyl (C=O) groups excluding carboxylic acids is 2. The number of hydrogen-bond donors (Lipinski definition) is 0. The van der Waals surface area contributed by atoms with Crippen LogP contribution in [0.15, 0.2) is 0 Å². The molecule has 5 heteroatoms. The van der Waals surface area contributed by atoms with Crippen molar-refractivity contribution in [2.24, 2.45) is 0 Å². The molecule has 2 heterocycles. The Labute approximate surface area is 128 Å². The highest BCUT2D eigenvalue weighted by atomic mass is 16.2. The number of hydrogen-bond acceptors (Lipinski definition) is 3. The molecule has 2 rings (SSSR count). The van der Waals surface area contributed by atoms with Crippen LogP contribution in [0, 0.1) is 0 Å². The van der Waals surface area contributed by atoms with E-state index < -0.39 is 0 Å². The summed E-state index contributed by atoms with van der Waals surface area (Å²) in [6.07, 6.45) is 5.42. The summed E-state index contributed by atoms with van der Waals surface area (Å²) in [5.41, 5.74) is 0. The van der Waals surface area contributed by atoms with E-state index in [9.17, 15) is 9.59 Å². The van der Waals surface area contributed by atoms with E-state index in [2.05, 4.69) is 4.90 Å². The Kier molecular flexibility index (Phi) is 6.03. The Balaban J connectivity index is 1.81. The van der Waals surface area contributed by atoms with Crippen molar-refractivity contribution in [3.05, 3.63) is 0 Å². The Morgan fingerprint density at radius 1 is 1.14 bits per heavy atom. The topological polar surface area (TPSA) is 43.9 Å². The van der Waals surface area contributed by atoms with Gasteiger partial charge in [0.2, 0.25) is 11.8 Å². The normalized spacial score (nSPS) is 22.8. The quantitative estimate of drug-likeness (QED) is 0.742. The highest BCUT2D eigenvalue weighted by molar-refractivity contribution is 5.87. The van der Waals surface area contributed by atoms with Gasteiger partial charge in [0.15, 0.2) is 0 Å². The average molecular weight is 295 g/mol. The van der Waals surface area contributed by atoms with E-state index in [0.717, 1.165) is 45.4 Å². The maximum absolute atomic E-state index is 12.6. The van der Waals surface area contributed by atoms with Crippen molar-refractivity contribution >= 4 is 11.8 Å². The summed E-state index contributed by atoms with van der Waals surface area (Å²) in [7, 11) is 0. The van der Waals surface area contributed by atoms with Crippen molar-refractivity contribution in [3.63, 3.8) is 0 Å². The molecular formula is C16H29N3O2. The van der Waals surface area contributed by atoms with Crippen molar-refractivity contribution < 1.29 is 9.59 Å². The summed E-state index contributed by atoms with van der Waals surface area (Å²) >= 11 is 0. The third-order valence-electron chi connectivity index (χ3n) is 4.74. The Morgan fingerprint density at radius 2 is 1.86 bits per heavy atom. The zero-order valence-corrected chi connectivity index (χ0v) is 13.5. The average Bonchev–Trinajstić information content (AvgIpc) is 3.13. The van der Waals surface area contributed by atoms with Gasteiger partial charge in [-0.15, -0.1) is 0 Å². The van der Waals surface area contributed by atoms with Gasteiger partial charge in [-0.2, -0.15) is 0 Å². The molecule has 1 unspecified atom stereocenters. The number of carbonyl (C=O) groups is 2. The van der Waals surface area contributed by atoms with Gasteiger partial charge < -0.3 is 14.7 Å². The molecule has 2 aliphatic rings. The van der Waals surface area contributed by atoms with Gasteiger partial charge >= 0.3 is 0 Å². The van der Waals surface area contributed by atoms with Crippen LogP contribution in [0.25, 0.3) is 0 Å². The lowest BCUT2D eigenvalue weighted by Crippen LogP contribution is -2.47. The molecule has 1 atom stereocenters. The second-order valence-corrected chi connectivity index (χ2v) is 6.19. The molecule has 0 bridgehead atoms. The lowest BCUT2D eigenvalue weighted by atomic mass is 10.2. The van der Waals surface area contributed by atoms with Crippen molar-refractivity contribution in [2.45, 2.75) is 52.0 Å². The predicted molar refractivity (Wildman–Crippen MR) is 83.0 cm³/mol. The summed E-state index contributed by atoms with van der Waals surface area (Å²) < 4.78 is 0. The minimum absolute atomic E-state index is 0.0268. The smallest absolute Gasteiger partial charge is 0.245 e. The lowest BCUT2D eigenvalue weighted by Gasteiger charge is -2.29. The molecule has 0 aromatic rings. The molecule has 0 aromatic carbocycles. The zero-order chi connectivity index (χ0) is 15.2. The molecule has 2 fully saturated rings. The molecule has 2 aliphatic heterocycles. The van der Waals surface area contributed by atoms with Crippen LogP contribution in [-0.2, 0) is 9.59 Å². The number of amides is 2.